The molecule has 14 heavy (non-hydrogen) atoms. The van der Waals surface area contributed by atoms with Gasteiger partial charge in [0.2, 0.25) is 0 Å². The third-order valence-electron chi connectivity index (χ3n) is 1.56. The quantitative estimate of drug-likeness (QED) is 0.787. The number of aromatic nitrogens is 1. The second kappa shape index (κ2) is 3.87. The second-order valence-corrected chi connectivity index (χ2v) is 2.35. The second-order valence-electron chi connectivity index (χ2n) is 2.35. The zero-order valence-electron chi connectivity index (χ0n) is 7.16. The van der Waals surface area contributed by atoms with Crippen LogP contribution in [0.2, 0.25) is 0 Å². The third kappa shape index (κ3) is 1.57. The zero-order valence-corrected chi connectivity index (χ0v) is 7.16. The number of ether oxygens (including phenoxy) is 1. The minimum absolute atomic E-state index is 0.280. The van der Waals surface area contributed by atoms with Crippen LogP contribution >= 0.6 is 0 Å². The summed E-state index contributed by atoms with van der Waals surface area (Å²) in [5, 5.41) is 17.7. The van der Waals surface area contributed by atoms with Gasteiger partial charge in [0, 0.05) is 0 Å². The molecule has 4 nitrogen and oxygen atoms in total. The molecule has 1 heterocycles. The van der Waals surface area contributed by atoms with Gasteiger partial charge in [-0.3, -0.25) is 0 Å². The van der Waals surface area contributed by atoms with Gasteiger partial charge in [0.1, 0.15) is 17.3 Å². The van der Waals surface area contributed by atoms with Crippen molar-refractivity contribution in [1.82, 2.24) is 4.98 Å². The van der Waals surface area contributed by atoms with Crippen LogP contribution in [0.4, 0.5) is 8.78 Å². The van der Waals surface area contributed by atoms with Gasteiger partial charge in [0.15, 0.2) is 11.5 Å². The first kappa shape index (κ1) is 10.2. The fraction of sp³-hybridized carbons (Fsp3) is 0.250. The van der Waals surface area contributed by atoms with E-state index in [2.05, 4.69) is 9.72 Å². The molecule has 1 N–H and O–H groups in total. The number of rotatable bonds is 2. The maximum absolute atomic E-state index is 12.3. The van der Waals surface area contributed by atoms with Crippen molar-refractivity contribution in [3.05, 3.63) is 17.5 Å². The van der Waals surface area contributed by atoms with Gasteiger partial charge in [0.25, 0.3) is 6.43 Å². The van der Waals surface area contributed by atoms with Crippen LogP contribution in [0.15, 0.2) is 6.20 Å². The molecule has 0 amide bonds. The highest BCUT2D eigenvalue weighted by Crippen LogP contribution is 2.33. The van der Waals surface area contributed by atoms with Crippen LogP contribution in [0.1, 0.15) is 17.7 Å². The van der Waals surface area contributed by atoms with E-state index in [9.17, 15) is 8.78 Å². The van der Waals surface area contributed by atoms with Crippen molar-refractivity contribution in [3.63, 3.8) is 0 Å². The van der Waals surface area contributed by atoms with Gasteiger partial charge in [-0.15, -0.1) is 0 Å². The average Bonchev–Trinajstić information content (AvgIpc) is 2.16. The number of hydrogen-bond donors (Lipinski definition) is 1. The normalized spacial score (nSPS) is 9.93. The fourth-order valence-electron chi connectivity index (χ4n) is 0.978. The van der Waals surface area contributed by atoms with Gasteiger partial charge >= 0.3 is 0 Å². The van der Waals surface area contributed by atoms with Crippen molar-refractivity contribution in [2.24, 2.45) is 0 Å². The molecule has 6 heteroatoms. The molecule has 74 valence electrons. The molecule has 0 spiro atoms. The average molecular weight is 200 g/mol. The zero-order chi connectivity index (χ0) is 10.7. The summed E-state index contributed by atoms with van der Waals surface area (Å²) in [5.74, 6) is -0.716. The highest BCUT2D eigenvalue weighted by Gasteiger charge is 2.21. The van der Waals surface area contributed by atoms with Crippen molar-refractivity contribution < 1.29 is 18.6 Å². The molecule has 1 aromatic heterocycles. The molecular weight excluding hydrogens is 194 g/mol. The molecule has 0 unspecified atom stereocenters. The van der Waals surface area contributed by atoms with E-state index in [-0.39, 0.29) is 5.75 Å². The van der Waals surface area contributed by atoms with Crippen molar-refractivity contribution in [3.8, 4) is 17.6 Å². The molecule has 0 aliphatic heterocycles. The summed E-state index contributed by atoms with van der Waals surface area (Å²) < 4.78 is 29.2. The summed E-state index contributed by atoms with van der Waals surface area (Å²) in [5.41, 5.74) is -1.13. The minimum atomic E-state index is -2.88. The van der Waals surface area contributed by atoms with Crippen LogP contribution in [0.3, 0.4) is 0 Å². The number of nitrogens with zero attached hydrogens (tertiary/aromatic N) is 2. The van der Waals surface area contributed by atoms with Gasteiger partial charge in [-0.05, 0) is 0 Å². The number of nitriles is 1. The van der Waals surface area contributed by atoms with Crippen LogP contribution < -0.4 is 4.74 Å². The Morgan fingerprint density at radius 3 is 2.71 bits per heavy atom. The molecule has 0 fully saturated rings. The van der Waals surface area contributed by atoms with Crippen LogP contribution in [-0.2, 0) is 0 Å². The van der Waals surface area contributed by atoms with E-state index in [1.807, 2.05) is 0 Å². The molecule has 0 aliphatic rings. The van der Waals surface area contributed by atoms with E-state index in [4.69, 9.17) is 10.4 Å². The molecular formula is C8H6F2N2O2. The largest absolute Gasteiger partial charge is 0.503 e. The first-order valence-corrected chi connectivity index (χ1v) is 3.56. The molecule has 0 bridgehead atoms. The molecule has 0 radical (unpaired) electrons. The predicted molar refractivity (Wildman–Crippen MR) is 42.1 cm³/mol. The standard InChI is InChI=1S/C8H6F2N2O2/c1-14-7-4(2-11)6(8(9)10)12-3-5(7)13/h3,8,13H,1H3. The van der Waals surface area contributed by atoms with Crippen molar-refractivity contribution >= 4 is 0 Å². The smallest absolute Gasteiger partial charge is 0.281 e. The number of pyridine rings is 1. The summed E-state index contributed by atoms with van der Waals surface area (Å²) in [7, 11) is 1.17. The summed E-state index contributed by atoms with van der Waals surface area (Å²) in [6.07, 6.45) is -2.06. The van der Waals surface area contributed by atoms with Crippen LogP contribution in [0.5, 0.6) is 11.5 Å². The van der Waals surface area contributed by atoms with Crippen molar-refractivity contribution in [1.29, 1.82) is 5.26 Å². The summed E-state index contributed by atoms with van der Waals surface area (Å²) in [4.78, 5) is 3.25. The number of aromatic hydroxyl groups is 1. The van der Waals surface area contributed by atoms with Gasteiger partial charge < -0.3 is 9.84 Å². The number of methoxy groups -OCH3 is 1. The summed E-state index contributed by atoms with van der Waals surface area (Å²) in [6.45, 7) is 0. The predicted octanol–water partition coefficient (Wildman–Crippen LogP) is 1.61. The van der Waals surface area contributed by atoms with Crippen LogP contribution in [0.25, 0.3) is 0 Å². The molecule has 0 saturated carbocycles. The monoisotopic (exact) mass is 200 g/mol. The maximum Gasteiger partial charge on any atom is 0.281 e. The van der Waals surface area contributed by atoms with E-state index in [1.165, 1.54) is 13.2 Å². The lowest BCUT2D eigenvalue weighted by atomic mass is 10.2. The lowest BCUT2D eigenvalue weighted by Crippen LogP contribution is -1.99. The van der Waals surface area contributed by atoms with Crippen LogP contribution in [0, 0.1) is 11.3 Å². The molecule has 0 atom stereocenters. The Bertz CT molecular complexity index is 388. The van der Waals surface area contributed by atoms with Gasteiger partial charge in [-0.25, -0.2) is 13.8 Å². The highest BCUT2D eigenvalue weighted by molar-refractivity contribution is 5.53. The topological polar surface area (TPSA) is 66.1 Å². The Morgan fingerprint density at radius 1 is 1.64 bits per heavy atom. The first-order valence-electron chi connectivity index (χ1n) is 3.56. The molecule has 1 aromatic rings. The minimum Gasteiger partial charge on any atom is -0.503 e. The highest BCUT2D eigenvalue weighted by atomic mass is 19.3. The Labute approximate surface area is 78.4 Å². The molecule has 1 rings (SSSR count). The molecule has 0 aliphatic carbocycles. The van der Waals surface area contributed by atoms with E-state index in [0.29, 0.717) is 0 Å². The van der Waals surface area contributed by atoms with E-state index >= 15 is 0 Å². The van der Waals surface area contributed by atoms with E-state index in [1.54, 1.807) is 0 Å². The summed E-state index contributed by atoms with van der Waals surface area (Å²) in [6, 6.07) is 1.51. The molecule has 0 aromatic carbocycles. The first-order chi connectivity index (χ1) is 6.61. The van der Waals surface area contributed by atoms with Gasteiger partial charge in [-0.2, -0.15) is 5.26 Å². The summed E-state index contributed by atoms with van der Waals surface area (Å²) >= 11 is 0. The Balaban J connectivity index is 3.43. The van der Waals surface area contributed by atoms with E-state index in [0.717, 1.165) is 6.20 Å². The lowest BCUT2D eigenvalue weighted by Gasteiger charge is -2.07. The Hall–Kier alpha value is -1.90. The van der Waals surface area contributed by atoms with Gasteiger partial charge in [-0.1, -0.05) is 0 Å². The third-order valence-corrected chi connectivity index (χ3v) is 1.56. The SMILES string of the molecule is COc1c(O)cnc(C(F)F)c1C#N. The Morgan fingerprint density at radius 2 is 2.29 bits per heavy atom. The van der Waals surface area contributed by atoms with Crippen molar-refractivity contribution in [2.45, 2.75) is 6.43 Å². The van der Waals surface area contributed by atoms with Crippen molar-refractivity contribution in [2.75, 3.05) is 7.11 Å². The lowest BCUT2D eigenvalue weighted by molar-refractivity contribution is 0.145. The Kier molecular flexibility index (Phi) is 2.82. The van der Waals surface area contributed by atoms with E-state index < -0.39 is 23.4 Å². The fourth-order valence-corrected chi connectivity index (χ4v) is 0.978. The maximum atomic E-state index is 12.3. The molecule has 0 saturated heterocycles. The van der Waals surface area contributed by atoms with Crippen LogP contribution in [-0.4, -0.2) is 17.2 Å². The number of hydrogen-bond acceptors (Lipinski definition) is 4. The number of halogens is 2. The van der Waals surface area contributed by atoms with Gasteiger partial charge in [0.05, 0.1) is 13.3 Å². The number of alkyl halides is 2.